The van der Waals surface area contributed by atoms with Gasteiger partial charge < -0.3 is 10.1 Å². The van der Waals surface area contributed by atoms with Crippen LogP contribution < -0.4 is 5.32 Å². The molecule has 0 heterocycles. The lowest BCUT2D eigenvalue weighted by Gasteiger charge is -2.19. The number of hydrogen-bond acceptors (Lipinski definition) is 2. The molecule has 0 saturated carbocycles. The van der Waals surface area contributed by atoms with E-state index in [1.165, 1.54) is 12.1 Å². The van der Waals surface area contributed by atoms with Crippen LogP contribution in [-0.4, -0.2) is 20.3 Å². The van der Waals surface area contributed by atoms with Crippen molar-refractivity contribution < 1.29 is 13.5 Å². The summed E-state index contributed by atoms with van der Waals surface area (Å²) in [5.41, 5.74) is 0.790. The van der Waals surface area contributed by atoms with E-state index < -0.39 is 11.6 Å². The Hall–Kier alpha value is -1.00. The number of hydrogen-bond donors (Lipinski definition) is 1. The molecule has 1 N–H and O–H groups in total. The van der Waals surface area contributed by atoms with Gasteiger partial charge in [0.1, 0.15) is 0 Å². The Labute approximate surface area is 107 Å². The van der Waals surface area contributed by atoms with Crippen molar-refractivity contribution in [1.82, 2.24) is 5.32 Å². The van der Waals surface area contributed by atoms with Crippen LogP contribution >= 0.6 is 0 Å². The summed E-state index contributed by atoms with van der Waals surface area (Å²) in [6, 6.07) is 4.14. The molecule has 1 aromatic carbocycles. The van der Waals surface area contributed by atoms with Gasteiger partial charge in [0.25, 0.3) is 0 Å². The van der Waals surface area contributed by atoms with Crippen molar-refractivity contribution in [2.75, 3.05) is 20.3 Å². The highest BCUT2D eigenvalue weighted by Crippen LogP contribution is 2.20. The summed E-state index contributed by atoms with van der Waals surface area (Å²) in [4.78, 5) is 0. The smallest absolute Gasteiger partial charge is 0.159 e. The van der Waals surface area contributed by atoms with Crippen molar-refractivity contribution in [2.45, 2.75) is 32.2 Å². The lowest BCUT2D eigenvalue weighted by molar-refractivity contribution is 0.188. The molecule has 0 aliphatic rings. The number of methoxy groups -OCH3 is 1. The van der Waals surface area contributed by atoms with Gasteiger partial charge in [-0.1, -0.05) is 13.0 Å². The minimum Gasteiger partial charge on any atom is -0.385 e. The molecular weight excluding hydrogens is 236 g/mol. The predicted octanol–water partition coefficient (Wildman–Crippen LogP) is 3.43. The molecule has 4 heteroatoms. The maximum atomic E-state index is 13.2. The first-order chi connectivity index (χ1) is 8.69. The maximum Gasteiger partial charge on any atom is 0.159 e. The van der Waals surface area contributed by atoms with E-state index in [1.54, 1.807) is 13.2 Å². The van der Waals surface area contributed by atoms with Gasteiger partial charge in [-0.3, -0.25) is 0 Å². The molecule has 0 aliphatic carbocycles. The van der Waals surface area contributed by atoms with Crippen molar-refractivity contribution >= 4 is 0 Å². The molecule has 1 unspecified atom stereocenters. The summed E-state index contributed by atoms with van der Waals surface area (Å²) in [6.07, 6.45) is 2.74. The van der Waals surface area contributed by atoms with E-state index >= 15 is 0 Å². The van der Waals surface area contributed by atoms with E-state index in [1.807, 2.05) is 0 Å². The molecule has 102 valence electrons. The van der Waals surface area contributed by atoms with Gasteiger partial charge in [-0.2, -0.15) is 0 Å². The first-order valence-electron chi connectivity index (χ1n) is 6.36. The minimum absolute atomic E-state index is 0.0511. The normalized spacial score (nSPS) is 12.7. The average Bonchev–Trinajstić information content (AvgIpc) is 2.37. The monoisotopic (exact) mass is 257 g/mol. The van der Waals surface area contributed by atoms with Crippen LogP contribution in [0.15, 0.2) is 18.2 Å². The molecular formula is C14H21F2NO. The lowest BCUT2D eigenvalue weighted by Crippen LogP contribution is -2.22. The van der Waals surface area contributed by atoms with E-state index in [0.717, 1.165) is 31.4 Å². The summed E-state index contributed by atoms with van der Waals surface area (Å²) >= 11 is 0. The van der Waals surface area contributed by atoms with Crippen LogP contribution in [0.5, 0.6) is 0 Å². The van der Waals surface area contributed by atoms with Crippen molar-refractivity contribution in [3.8, 4) is 0 Å². The molecule has 1 rings (SSSR count). The first-order valence-corrected chi connectivity index (χ1v) is 6.36. The van der Waals surface area contributed by atoms with Crippen LogP contribution in [0.3, 0.4) is 0 Å². The Morgan fingerprint density at radius 3 is 2.67 bits per heavy atom. The second-order valence-electron chi connectivity index (χ2n) is 4.32. The average molecular weight is 257 g/mol. The largest absolute Gasteiger partial charge is 0.385 e. The van der Waals surface area contributed by atoms with Gasteiger partial charge in [0.05, 0.1) is 0 Å². The Kier molecular flexibility index (Phi) is 6.83. The van der Waals surface area contributed by atoms with Crippen LogP contribution in [0.25, 0.3) is 0 Å². The number of ether oxygens (including phenoxy) is 1. The maximum absolute atomic E-state index is 13.2. The SMILES string of the molecule is CCCNC(CCCOC)c1ccc(F)c(F)c1. The van der Waals surface area contributed by atoms with Gasteiger partial charge in [0.15, 0.2) is 11.6 Å². The molecule has 0 saturated heterocycles. The molecule has 0 radical (unpaired) electrons. The van der Waals surface area contributed by atoms with Crippen molar-refractivity contribution in [1.29, 1.82) is 0 Å². The molecule has 0 amide bonds. The fourth-order valence-corrected chi connectivity index (χ4v) is 1.87. The highest BCUT2D eigenvalue weighted by Gasteiger charge is 2.12. The first kappa shape index (κ1) is 15.1. The molecule has 0 fully saturated rings. The van der Waals surface area contributed by atoms with Crippen molar-refractivity contribution in [3.63, 3.8) is 0 Å². The summed E-state index contributed by atoms with van der Waals surface area (Å²) in [7, 11) is 1.66. The summed E-state index contributed by atoms with van der Waals surface area (Å²) in [5, 5.41) is 3.35. The van der Waals surface area contributed by atoms with Crippen LogP contribution in [0.4, 0.5) is 8.78 Å². The summed E-state index contributed by atoms with van der Waals surface area (Å²) < 4.78 is 31.1. The third kappa shape index (κ3) is 4.70. The molecule has 0 aromatic heterocycles. The van der Waals surface area contributed by atoms with E-state index in [2.05, 4.69) is 12.2 Å². The molecule has 0 bridgehead atoms. The fourth-order valence-electron chi connectivity index (χ4n) is 1.87. The van der Waals surface area contributed by atoms with Gasteiger partial charge in [-0.15, -0.1) is 0 Å². The summed E-state index contributed by atoms with van der Waals surface area (Å²) in [6.45, 7) is 3.61. The van der Waals surface area contributed by atoms with Crippen LogP contribution in [0.2, 0.25) is 0 Å². The Morgan fingerprint density at radius 1 is 1.28 bits per heavy atom. The van der Waals surface area contributed by atoms with Crippen LogP contribution in [0, 0.1) is 11.6 Å². The standard InChI is InChI=1S/C14H21F2NO/c1-3-8-17-14(5-4-9-18-2)11-6-7-12(15)13(16)10-11/h6-7,10,14,17H,3-5,8-9H2,1-2H3. The minimum atomic E-state index is -0.801. The molecule has 0 aliphatic heterocycles. The Bertz CT molecular complexity index is 358. The van der Waals surface area contributed by atoms with Gasteiger partial charge in [-0.25, -0.2) is 8.78 Å². The number of rotatable bonds is 8. The molecule has 0 spiro atoms. The quantitative estimate of drug-likeness (QED) is 0.720. The predicted molar refractivity (Wildman–Crippen MR) is 68.5 cm³/mol. The van der Waals surface area contributed by atoms with E-state index in [0.29, 0.717) is 6.61 Å². The highest BCUT2D eigenvalue weighted by molar-refractivity contribution is 5.21. The van der Waals surface area contributed by atoms with Gasteiger partial charge in [0, 0.05) is 19.8 Å². The van der Waals surface area contributed by atoms with E-state index in [-0.39, 0.29) is 6.04 Å². The second-order valence-corrected chi connectivity index (χ2v) is 4.32. The zero-order chi connectivity index (χ0) is 13.4. The topological polar surface area (TPSA) is 21.3 Å². The third-order valence-electron chi connectivity index (χ3n) is 2.83. The highest BCUT2D eigenvalue weighted by atomic mass is 19.2. The van der Waals surface area contributed by atoms with Gasteiger partial charge >= 0.3 is 0 Å². The summed E-state index contributed by atoms with van der Waals surface area (Å²) in [5.74, 6) is -1.59. The number of nitrogens with one attached hydrogen (secondary N) is 1. The van der Waals surface area contributed by atoms with E-state index in [9.17, 15) is 8.78 Å². The zero-order valence-electron chi connectivity index (χ0n) is 11.0. The second kappa shape index (κ2) is 8.16. The molecule has 1 atom stereocenters. The Balaban J connectivity index is 2.70. The third-order valence-corrected chi connectivity index (χ3v) is 2.83. The lowest BCUT2D eigenvalue weighted by atomic mass is 10.0. The number of benzene rings is 1. The van der Waals surface area contributed by atoms with Gasteiger partial charge in [-0.05, 0) is 43.5 Å². The molecule has 2 nitrogen and oxygen atoms in total. The Morgan fingerprint density at radius 2 is 2.06 bits per heavy atom. The van der Waals surface area contributed by atoms with Crippen LogP contribution in [0.1, 0.15) is 37.8 Å². The molecule has 18 heavy (non-hydrogen) atoms. The number of halogens is 2. The van der Waals surface area contributed by atoms with Crippen molar-refractivity contribution in [3.05, 3.63) is 35.4 Å². The van der Waals surface area contributed by atoms with E-state index in [4.69, 9.17) is 4.74 Å². The fraction of sp³-hybridized carbons (Fsp3) is 0.571. The van der Waals surface area contributed by atoms with Crippen LogP contribution in [-0.2, 0) is 4.74 Å². The molecule has 1 aromatic rings. The van der Waals surface area contributed by atoms with Gasteiger partial charge in [0.2, 0.25) is 0 Å². The zero-order valence-corrected chi connectivity index (χ0v) is 11.0. The van der Waals surface area contributed by atoms with Crippen molar-refractivity contribution in [2.24, 2.45) is 0 Å².